The van der Waals surface area contributed by atoms with Crippen LogP contribution < -0.4 is 5.32 Å². The minimum atomic E-state index is 0.464. The molecular weight excluding hydrogens is 188 g/mol. The highest BCUT2D eigenvalue weighted by molar-refractivity contribution is 5.17. The zero-order chi connectivity index (χ0) is 11.1. The Morgan fingerprint density at radius 1 is 1.53 bits per heavy atom. The van der Waals surface area contributed by atoms with Crippen molar-refractivity contribution >= 4 is 0 Å². The summed E-state index contributed by atoms with van der Waals surface area (Å²) in [7, 11) is 1.73. The van der Waals surface area contributed by atoms with E-state index in [0.29, 0.717) is 6.04 Å². The lowest BCUT2D eigenvalue weighted by Crippen LogP contribution is -2.27. The topological polar surface area (TPSA) is 34.1 Å². The van der Waals surface area contributed by atoms with Crippen LogP contribution in [0.2, 0.25) is 0 Å². The average molecular weight is 208 g/mol. The highest BCUT2D eigenvalue weighted by Crippen LogP contribution is 2.03. The molecule has 1 rings (SSSR count). The molecule has 0 aliphatic heterocycles. The summed E-state index contributed by atoms with van der Waals surface area (Å²) in [6.45, 7) is 5.88. The van der Waals surface area contributed by atoms with Crippen molar-refractivity contribution in [2.45, 2.75) is 32.9 Å². The van der Waals surface area contributed by atoms with E-state index in [-0.39, 0.29) is 0 Å². The lowest BCUT2D eigenvalue weighted by Gasteiger charge is -2.13. The van der Waals surface area contributed by atoms with E-state index in [2.05, 4.69) is 30.2 Å². The van der Waals surface area contributed by atoms with Crippen LogP contribution in [0.25, 0.3) is 0 Å². The predicted octanol–water partition coefficient (Wildman–Crippen LogP) is 1.90. The van der Waals surface area contributed by atoms with Crippen LogP contribution in [0.4, 0.5) is 0 Å². The monoisotopic (exact) mass is 208 g/mol. The van der Waals surface area contributed by atoms with E-state index < -0.39 is 0 Å². The van der Waals surface area contributed by atoms with Gasteiger partial charge in [0.05, 0.1) is 5.69 Å². The quantitative estimate of drug-likeness (QED) is 0.775. The van der Waals surface area contributed by atoms with E-state index in [0.717, 1.165) is 25.3 Å². The number of pyridine rings is 1. The Labute approximate surface area is 91.9 Å². The van der Waals surface area contributed by atoms with Gasteiger partial charge < -0.3 is 10.1 Å². The number of hydrogen-bond acceptors (Lipinski definition) is 3. The standard InChI is InChI=1S/C12H20N2O/c1-10-5-4-7-13-12(10)9-14-11(2)6-8-15-3/h4-5,7,11,14H,6,8-9H2,1-3H3. The Morgan fingerprint density at radius 2 is 2.33 bits per heavy atom. The molecule has 3 nitrogen and oxygen atoms in total. The highest BCUT2D eigenvalue weighted by atomic mass is 16.5. The number of aromatic nitrogens is 1. The molecule has 0 saturated carbocycles. The van der Waals surface area contributed by atoms with Gasteiger partial charge in [0, 0.05) is 32.5 Å². The number of aryl methyl sites for hydroxylation is 1. The molecule has 0 amide bonds. The maximum Gasteiger partial charge on any atom is 0.0570 e. The fourth-order valence-electron chi connectivity index (χ4n) is 1.37. The summed E-state index contributed by atoms with van der Waals surface area (Å²) in [6.07, 6.45) is 2.87. The summed E-state index contributed by atoms with van der Waals surface area (Å²) in [5.41, 5.74) is 2.37. The van der Waals surface area contributed by atoms with Gasteiger partial charge in [0.2, 0.25) is 0 Å². The van der Waals surface area contributed by atoms with E-state index in [4.69, 9.17) is 4.74 Å². The highest BCUT2D eigenvalue weighted by Gasteiger charge is 2.03. The molecule has 1 heterocycles. The van der Waals surface area contributed by atoms with Crippen LogP contribution in [0.15, 0.2) is 18.3 Å². The smallest absolute Gasteiger partial charge is 0.0570 e. The number of hydrogen-bond donors (Lipinski definition) is 1. The van der Waals surface area contributed by atoms with Crippen molar-refractivity contribution in [1.29, 1.82) is 0 Å². The molecule has 0 spiro atoms. The second kappa shape index (κ2) is 6.53. The van der Waals surface area contributed by atoms with E-state index in [1.165, 1.54) is 5.56 Å². The van der Waals surface area contributed by atoms with Crippen molar-refractivity contribution in [2.75, 3.05) is 13.7 Å². The van der Waals surface area contributed by atoms with Crippen LogP contribution in [0, 0.1) is 6.92 Å². The third-order valence-corrected chi connectivity index (χ3v) is 2.49. The minimum Gasteiger partial charge on any atom is -0.385 e. The normalized spacial score (nSPS) is 12.7. The SMILES string of the molecule is COCCC(C)NCc1ncccc1C. The van der Waals surface area contributed by atoms with E-state index >= 15 is 0 Å². The van der Waals surface area contributed by atoms with Gasteiger partial charge in [-0.1, -0.05) is 6.07 Å². The maximum absolute atomic E-state index is 5.03. The molecule has 0 aliphatic rings. The molecule has 0 radical (unpaired) electrons. The van der Waals surface area contributed by atoms with Crippen molar-refractivity contribution in [3.05, 3.63) is 29.6 Å². The summed E-state index contributed by atoms with van der Waals surface area (Å²) >= 11 is 0. The van der Waals surface area contributed by atoms with Crippen molar-refractivity contribution < 1.29 is 4.74 Å². The first-order chi connectivity index (χ1) is 7.24. The van der Waals surface area contributed by atoms with Crippen molar-refractivity contribution in [3.63, 3.8) is 0 Å². The molecule has 3 heteroatoms. The molecule has 0 fully saturated rings. The van der Waals surface area contributed by atoms with Gasteiger partial charge in [-0.2, -0.15) is 0 Å². The second-order valence-corrected chi connectivity index (χ2v) is 3.83. The van der Waals surface area contributed by atoms with Crippen molar-refractivity contribution in [3.8, 4) is 0 Å². The molecule has 1 aromatic heterocycles. The molecule has 0 saturated heterocycles. The lowest BCUT2D eigenvalue weighted by molar-refractivity contribution is 0.184. The van der Waals surface area contributed by atoms with Crippen LogP contribution in [0.1, 0.15) is 24.6 Å². The first-order valence-corrected chi connectivity index (χ1v) is 5.37. The first kappa shape index (κ1) is 12.1. The fraction of sp³-hybridized carbons (Fsp3) is 0.583. The Kier molecular flexibility index (Phi) is 5.29. The molecule has 1 atom stereocenters. The first-order valence-electron chi connectivity index (χ1n) is 5.37. The van der Waals surface area contributed by atoms with Crippen LogP contribution in [-0.4, -0.2) is 24.7 Å². The van der Waals surface area contributed by atoms with Gasteiger partial charge in [0.25, 0.3) is 0 Å². The van der Waals surface area contributed by atoms with Gasteiger partial charge in [-0.15, -0.1) is 0 Å². The number of methoxy groups -OCH3 is 1. The van der Waals surface area contributed by atoms with Crippen LogP contribution in [0.3, 0.4) is 0 Å². The van der Waals surface area contributed by atoms with Gasteiger partial charge in [-0.3, -0.25) is 4.98 Å². The van der Waals surface area contributed by atoms with E-state index in [1.54, 1.807) is 7.11 Å². The summed E-state index contributed by atoms with van der Waals surface area (Å²) in [6, 6.07) is 4.52. The number of rotatable bonds is 6. The van der Waals surface area contributed by atoms with Gasteiger partial charge in [0.1, 0.15) is 0 Å². The third-order valence-electron chi connectivity index (χ3n) is 2.49. The molecule has 84 valence electrons. The summed E-state index contributed by atoms with van der Waals surface area (Å²) in [5, 5.41) is 3.43. The second-order valence-electron chi connectivity index (χ2n) is 3.83. The van der Waals surface area contributed by atoms with Crippen molar-refractivity contribution in [1.82, 2.24) is 10.3 Å². The predicted molar refractivity (Wildman–Crippen MR) is 61.8 cm³/mol. The Hall–Kier alpha value is -0.930. The largest absolute Gasteiger partial charge is 0.385 e. The molecule has 1 aromatic rings. The molecule has 15 heavy (non-hydrogen) atoms. The zero-order valence-corrected chi connectivity index (χ0v) is 9.79. The lowest BCUT2D eigenvalue weighted by atomic mass is 10.2. The van der Waals surface area contributed by atoms with Crippen LogP contribution in [0.5, 0.6) is 0 Å². The molecular formula is C12H20N2O. The zero-order valence-electron chi connectivity index (χ0n) is 9.79. The molecule has 0 bridgehead atoms. The van der Waals surface area contributed by atoms with E-state index in [9.17, 15) is 0 Å². The number of nitrogens with zero attached hydrogens (tertiary/aromatic N) is 1. The molecule has 1 N–H and O–H groups in total. The van der Waals surface area contributed by atoms with Gasteiger partial charge in [-0.05, 0) is 31.9 Å². The van der Waals surface area contributed by atoms with Crippen LogP contribution >= 0.6 is 0 Å². The fourth-order valence-corrected chi connectivity index (χ4v) is 1.37. The summed E-state index contributed by atoms with van der Waals surface area (Å²) in [4.78, 5) is 4.34. The van der Waals surface area contributed by atoms with Crippen molar-refractivity contribution in [2.24, 2.45) is 0 Å². The maximum atomic E-state index is 5.03. The molecule has 0 aromatic carbocycles. The molecule has 0 aliphatic carbocycles. The molecule has 1 unspecified atom stereocenters. The summed E-state index contributed by atoms with van der Waals surface area (Å²) < 4.78 is 5.03. The number of ether oxygens (including phenoxy) is 1. The van der Waals surface area contributed by atoms with Gasteiger partial charge in [-0.25, -0.2) is 0 Å². The minimum absolute atomic E-state index is 0.464. The number of nitrogens with one attached hydrogen (secondary N) is 1. The Balaban J connectivity index is 2.33. The summed E-state index contributed by atoms with van der Waals surface area (Å²) in [5.74, 6) is 0. The van der Waals surface area contributed by atoms with Gasteiger partial charge in [0.15, 0.2) is 0 Å². The Bertz CT molecular complexity index is 289. The van der Waals surface area contributed by atoms with Crippen LogP contribution in [-0.2, 0) is 11.3 Å². The third kappa shape index (κ3) is 4.40. The van der Waals surface area contributed by atoms with Gasteiger partial charge >= 0.3 is 0 Å². The van der Waals surface area contributed by atoms with E-state index in [1.807, 2.05) is 12.3 Å². The Morgan fingerprint density at radius 3 is 3.00 bits per heavy atom. The average Bonchev–Trinajstić information content (AvgIpc) is 2.25.